The summed E-state index contributed by atoms with van der Waals surface area (Å²) in [5.74, 6) is 0. The van der Waals surface area contributed by atoms with Gasteiger partial charge in [0.2, 0.25) is 0 Å². The lowest BCUT2D eigenvalue weighted by Gasteiger charge is -2.36. The van der Waals surface area contributed by atoms with Crippen LogP contribution in [-0.4, -0.2) is 16.0 Å². The third kappa shape index (κ3) is 3.21. The molecule has 0 saturated heterocycles. The predicted octanol–water partition coefficient (Wildman–Crippen LogP) is 6.05. The fraction of sp³-hybridized carbons (Fsp3) is 0.0870. The Morgan fingerprint density at radius 2 is 1.15 bits per heavy atom. The molecule has 0 aliphatic rings. The minimum absolute atomic E-state index is 0.530. The third-order valence-corrected chi connectivity index (χ3v) is 6.59. The van der Waals surface area contributed by atoms with E-state index in [0.29, 0.717) is 0 Å². The molecule has 0 N–H and O–H groups in total. The van der Waals surface area contributed by atoms with Crippen molar-refractivity contribution in [1.82, 2.24) is 9.78 Å². The van der Waals surface area contributed by atoms with Crippen LogP contribution in [0.5, 0.6) is 0 Å². The first-order valence-electron chi connectivity index (χ1n) is 8.73. The van der Waals surface area contributed by atoms with Crippen molar-refractivity contribution in [2.75, 3.05) is 6.26 Å². The molecule has 4 heteroatoms. The summed E-state index contributed by atoms with van der Waals surface area (Å²) in [6.45, 7) is 0. The van der Waals surface area contributed by atoms with E-state index in [1.807, 2.05) is 0 Å². The second-order valence-corrected chi connectivity index (χ2v) is 8.20. The predicted molar refractivity (Wildman–Crippen MR) is 121 cm³/mol. The molecule has 4 rings (SSSR count). The van der Waals surface area contributed by atoms with Crippen LogP contribution in [0.3, 0.4) is 0 Å². The normalized spacial score (nSPS) is 11.5. The Balaban J connectivity index is 2.12. The number of thioether (sulfide) groups is 1. The molecule has 0 aliphatic heterocycles. The van der Waals surface area contributed by atoms with Crippen LogP contribution in [0.2, 0.25) is 0 Å². The fourth-order valence-electron chi connectivity index (χ4n) is 3.58. The molecule has 0 unspecified atom stereocenters. The molecule has 0 aliphatic carbocycles. The Bertz CT molecular complexity index is 918. The van der Waals surface area contributed by atoms with Crippen LogP contribution in [0.4, 0.5) is 0 Å². The summed E-state index contributed by atoms with van der Waals surface area (Å²) in [5.41, 5.74) is 3.04. The van der Waals surface area contributed by atoms with Crippen LogP contribution in [-0.2, 0) is 5.54 Å². The summed E-state index contributed by atoms with van der Waals surface area (Å²) in [4.78, 5) is 0. The highest BCUT2D eigenvalue weighted by molar-refractivity contribution is 14.1. The quantitative estimate of drug-likeness (QED) is 0.196. The highest BCUT2D eigenvalue weighted by Crippen LogP contribution is 2.41. The molecule has 0 amide bonds. The van der Waals surface area contributed by atoms with Crippen LogP contribution in [0.1, 0.15) is 16.7 Å². The minimum Gasteiger partial charge on any atom is -0.251 e. The lowest BCUT2D eigenvalue weighted by atomic mass is 9.77. The van der Waals surface area contributed by atoms with Gasteiger partial charge in [0.05, 0.1) is 3.57 Å². The van der Waals surface area contributed by atoms with Gasteiger partial charge in [0.1, 0.15) is 10.6 Å². The zero-order valence-corrected chi connectivity index (χ0v) is 17.9. The molecular weight excluding hydrogens is 463 g/mol. The monoisotopic (exact) mass is 482 g/mol. The van der Waals surface area contributed by atoms with E-state index in [-0.39, 0.29) is 0 Å². The van der Waals surface area contributed by atoms with E-state index in [4.69, 9.17) is 5.10 Å². The van der Waals surface area contributed by atoms with Gasteiger partial charge in [-0.2, -0.15) is 5.10 Å². The summed E-state index contributed by atoms with van der Waals surface area (Å²) in [6.07, 6.45) is 4.23. The van der Waals surface area contributed by atoms with E-state index in [2.05, 4.69) is 131 Å². The lowest BCUT2D eigenvalue weighted by molar-refractivity contribution is 0.452. The molecule has 0 bridgehead atoms. The molecule has 1 heterocycles. The van der Waals surface area contributed by atoms with Gasteiger partial charge in [-0.05, 0) is 45.5 Å². The molecule has 0 fully saturated rings. The van der Waals surface area contributed by atoms with E-state index < -0.39 is 5.54 Å². The maximum atomic E-state index is 5.00. The Labute approximate surface area is 177 Å². The average molecular weight is 482 g/mol. The zero-order chi connectivity index (χ0) is 18.7. The number of rotatable bonds is 5. The first-order valence-corrected chi connectivity index (χ1v) is 11.0. The lowest BCUT2D eigenvalue weighted by Crippen LogP contribution is -2.38. The molecule has 4 aromatic rings. The topological polar surface area (TPSA) is 17.8 Å². The number of hydrogen-bond donors (Lipinski definition) is 0. The van der Waals surface area contributed by atoms with Crippen LogP contribution in [0.25, 0.3) is 0 Å². The molecular formula is C23H19IN2S. The van der Waals surface area contributed by atoms with Crippen molar-refractivity contribution in [1.29, 1.82) is 0 Å². The SMILES string of the molecule is CSc1nn(C(c2ccccc2)(c2ccccc2)c2ccccc2)cc1I. The van der Waals surface area contributed by atoms with Crippen LogP contribution < -0.4 is 0 Å². The molecule has 3 aromatic carbocycles. The van der Waals surface area contributed by atoms with E-state index in [0.717, 1.165) is 8.60 Å². The van der Waals surface area contributed by atoms with Gasteiger partial charge in [-0.25, -0.2) is 0 Å². The van der Waals surface area contributed by atoms with Gasteiger partial charge in [0, 0.05) is 6.20 Å². The van der Waals surface area contributed by atoms with Gasteiger partial charge in [-0.3, -0.25) is 4.68 Å². The van der Waals surface area contributed by atoms with Crippen molar-refractivity contribution in [2.45, 2.75) is 10.6 Å². The average Bonchev–Trinajstić information content (AvgIpc) is 3.12. The van der Waals surface area contributed by atoms with Gasteiger partial charge in [0.25, 0.3) is 0 Å². The van der Waals surface area contributed by atoms with Crippen LogP contribution >= 0.6 is 34.4 Å². The number of nitrogens with zero attached hydrogens (tertiary/aromatic N) is 2. The summed E-state index contributed by atoms with van der Waals surface area (Å²) >= 11 is 4.05. The molecule has 0 saturated carbocycles. The fourth-order valence-corrected chi connectivity index (χ4v) is 5.03. The first-order chi connectivity index (χ1) is 13.3. The second-order valence-electron chi connectivity index (χ2n) is 6.24. The van der Waals surface area contributed by atoms with E-state index in [1.165, 1.54) is 16.7 Å². The Hall–Kier alpha value is -2.05. The van der Waals surface area contributed by atoms with Crippen LogP contribution in [0, 0.1) is 3.57 Å². The Morgan fingerprint density at radius 1 is 0.741 bits per heavy atom. The van der Waals surface area contributed by atoms with Crippen molar-refractivity contribution < 1.29 is 0 Å². The van der Waals surface area contributed by atoms with Gasteiger partial charge < -0.3 is 0 Å². The standard InChI is InChI=1S/C23H19IN2S/c1-27-22-21(24)17-26(25-22)23(18-11-5-2-6-12-18,19-13-7-3-8-14-19)20-15-9-4-10-16-20/h2-17H,1H3. The Kier molecular flexibility index (Phi) is 5.36. The summed E-state index contributed by atoms with van der Waals surface area (Å²) < 4.78 is 3.29. The van der Waals surface area contributed by atoms with E-state index in [9.17, 15) is 0 Å². The number of aromatic nitrogens is 2. The minimum atomic E-state index is -0.530. The van der Waals surface area contributed by atoms with Gasteiger partial charge >= 0.3 is 0 Å². The first kappa shape index (κ1) is 18.3. The molecule has 2 nitrogen and oxygen atoms in total. The summed E-state index contributed by atoms with van der Waals surface area (Å²) in [5, 5.41) is 6.05. The van der Waals surface area contributed by atoms with Crippen molar-refractivity contribution >= 4 is 34.4 Å². The molecule has 27 heavy (non-hydrogen) atoms. The smallest absolute Gasteiger partial charge is 0.138 e. The zero-order valence-electron chi connectivity index (χ0n) is 14.9. The largest absolute Gasteiger partial charge is 0.251 e. The maximum absolute atomic E-state index is 5.00. The molecule has 0 radical (unpaired) electrons. The molecule has 134 valence electrons. The number of hydrogen-bond acceptors (Lipinski definition) is 2. The highest BCUT2D eigenvalue weighted by Gasteiger charge is 2.39. The number of halogens is 1. The summed E-state index contributed by atoms with van der Waals surface area (Å²) in [7, 11) is 0. The second kappa shape index (κ2) is 7.90. The maximum Gasteiger partial charge on any atom is 0.138 e. The summed E-state index contributed by atoms with van der Waals surface area (Å²) in [6, 6.07) is 31.9. The van der Waals surface area contributed by atoms with Crippen molar-refractivity contribution in [3.63, 3.8) is 0 Å². The van der Waals surface area contributed by atoms with E-state index >= 15 is 0 Å². The molecule has 0 spiro atoms. The van der Waals surface area contributed by atoms with Crippen molar-refractivity contribution in [2.24, 2.45) is 0 Å². The van der Waals surface area contributed by atoms with Crippen LogP contribution in [0.15, 0.2) is 102 Å². The molecule has 1 aromatic heterocycles. The van der Waals surface area contributed by atoms with Gasteiger partial charge in [-0.15, -0.1) is 11.8 Å². The highest BCUT2D eigenvalue weighted by atomic mass is 127. The number of benzene rings is 3. The Morgan fingerprint density at radius 3 is 1.48 bits per heavy atom. The molecule has 0 atom stereocenters. The third-order valence-electron chi connectivity index (χ3n) is 4.75. The van der Waals surface area contributed by atoms with E-state index in [1.54, 1.807) is 11.8 Å². The van der Waals surface area contributed by atoms with Gasteiger partial charge in [-0.1, -0.05) is 91.0 Å². The van der Waals surface area contributed by atoms with Crippen molar-refractivity contribution in [3.05, 3.63) is 117 Å². The van der Waals surface area contributed by atoms with Crippen molar-refractivity contribution in [3.8, 4) is 0 Å². The van der Waals surface area contributed by atoms with Gasteiger partial charge in [0.15, 0.2) is 0 Å².